The van der Waals surface area contributed by atoms with Crippen LogP contribution in [0.4, 0.5) is 8.78 Å². The maximum absolute atomic E-state index is 13.3. The first-order valence-corrected chi connectivity index (χ1v) is 25.1. The third-order valence-corrected chi connectivity index (χ3v) is 13.8. The highest BCUT2D eigenvalue weighted by Gasteiger charge is 2.25. The number of rotatable bonds is 18. The zero-order valence-corrected chi connectivity index (χ0v) is 40.0. The van der Waals surface area contributed by atoms with Crippen molar-refractivity contribution in [2.24, 2.45) is 0 Å². The van der Waals surface area contributed by atoms with Crippen LogP contribution < -0.4 is 10.6 Å². The average molecular weight is 1010 g/mol. The fourth-order valence-corrected chi connectivity index (χ4v) is 9.68. The molecule has 15 heteroatoms. The van der Waals surface area contributed by atoms with Crippen molar-refractivity contribution < 1.29 is 36.4 Å². The first-order chi connectivity index (χ1) is 32.6. The number of hydrogen-bond acceptors (Lipinski definition) is 7. The van der Waals surface area contributed by atoms with Crippen molar-refractivity contribution >= 4 is 78.1 Å². The Morgan fingerprint density at radius 1 is 0.500 bits per heavy atom. The van der Waals surface area contributed by atoms with Gasteiger partial charge in [-0.15, -0.1) is 11.8 Å². The normalized spacial score (nSPS) is 11.9. The van der Waals surface area contributed by atoms with Crippen molar-refractivity contribution in [2.45, 2.75) is 53.3 Å². The smallest absolute Gasteiger partial charge is 0.262 e. The Morgan fingerprint density at radius 3 is 1.29 bits per heavy atom. The molecule has 0 unspecified atom stereocenters. The van der Waals surface area contributed by atoms with Gasteiger partial charge in [-0.3, -0.25) is 19.2 Å². The number of amides is 2. The predicted molar refractivity (Wildman–Crippen MR) is 265 cm³/mol. The van der Waals surface area contributed by atoms with E-state index < -0.39 is 44.6 Å². The maximum Gasteiger partial charge on any atom is 0.262 e. The van der Waals surface area contributed by atoms with E-state index in [-0.39, 0.29) is 46.3 Å². The highest BCUT2D eigenvalue weighted by Crippen LogP contribution is 2.31. The summed E-state index contributed by atoms with van der Waals surface area (Å²) < 4.78 is 49.5. The van der Waals surface area contributed by atoms with Crippen LogP contribution in [0.5, 0.6) is 0 Å². The highest BCUT2D eigenvalue weighted by atomic mass is 35.7. The number of Topliss-reactive ketones (excluding diaryl/α,β-unsaturated/α-hetero) is 2. The van der Waals surface area contributed by atoms with Crippen molar-refractivity contribution in [3.8, 4) is 0 Å². The summed E-state index contributed by atoms with van der Waals surface area (Å²) in [4.78, 5) is 52.5. The Labute approximate surface area is 412 Å². The van der Waals surface area contributed by atoms with Gasteiger partial charge in [0.05, 0.1) is 22.1 Å². The van der Waals surface area contributed by atoms with Crippen molar-refractivity contribution in [1.29, 1.82) is 0 Å². The third-order valence-electron chi connectivity index (χ3n) is 10.4. The van der Waals surface area contributed by atoms with Crippen LogP contribution in [0.2, 0.25) is 10.0 Å². The maximum atomic E-state index is 13.3. The summed E-state index contributed by atoms with van der Waals surface area (Å²) in [6, 6.07) is 47.1. The molecule has 0 saturated heterocycles. The molecule has 7 rings (SSSR count). The van der Waals surface area contributed by atoms with Gasteiger partial charge in [0.2, 0.25) is 0 Å². The van der Waals surface area contributed by atoms with Crippen molar-refractivity contribution in [3.05, 3.63) is 237 Å². The van der Waals surface area contributed by atoms with Gasteiger partial charge < -0.3 is 10.6 Å². The van der Waals surface area contributed by atoms with Gasteiger partial charge >= 0.3 is 0 Å². The van der Waals surface area contributed by atoms with E-state index in [1.165, 1.54) is 60.2 Å². The van der Waals surface area contributed by atoms with Crippen molar-refractivity contribution in [3.63, 3.8) is 0 Å². The Hall–Kier alpha value is -6.15. The third kappa shape index (κ3) is 15.7. The number of ketones is 2. The summed E-state index contributed by atoms with van der Waals surface area (Å²) in [6.07, 6.45) is 0.633. The fraction of sp³-hybridized carbons (Fsp3) is 0.132. The zero-order valence-electron chi connectivity index (χ0n) is 36.1. The van der Waals surface area contributed by atoms with Gasteiger partial charge in [-0.1, -0.05) is 126 Å². The Bertz CT molecular complexity index is 2950. The standard InChI is InChI=1S/C30H25ClFNO2S.C23H18Cl2FNO4S/c31-26-17-23(11-16-29(26)36-20-22-9-5-2-6-10-22)19-28(34)27(18-21-7-3-1-4-8-21)33-30(35)24-12-14-25(32)15-13-24;24-19-12-16(6-11-22(19)32(25,30)31)14-21(28)20(13-15-4-2-1-3-5-15)27-23(29)17-7-9-18(26)10-8-17/h1-17,27H,18-20H2,(H,33,35);1-12,20H,13-14H2,(H,27,29)/t27-;20-/m00/s1. The lowest BCUT2D eigenvalue weighted by Gasteiger charge is -2.18. The van der Waals surface area contributed by atoms with E-state index in [9.17, 15) is 36.4 Å². The van der Waals surface area contributed by atoms with Gasteiger partial charge in [-0.05, 0) is 113 Å². The quantitative estimate of drug-likeness (QED) is 0.0647. The molecule has 0 saturated carbocycles. The molecule has 7 aromatic rings. The lowest BCUT2D eigenvalue weighted by Crippen LogP contribution is -2.43. The van der Waals surface area contributed by atoms with Crippen LogP contribution in [0.3, 0.4) is 0 Å². The lowest BCUT2D eigenvalue weighted by molar-refractivity contribution is -0.121. The van der Waals surface area contributed by atoms with E-state index >= 15 is 0 Å². The number of benzene rings is 7. The van der Waals surface area contributed by atoms with Gasteiger partial charge in [-0.25, -0.2) is 17.2 Å². The molecule has 0 aliphatic rings. The topological polar surface area (TPSA) is 126 Å². The molecule has 8 nitrogen and oxygen atoms in total. The SMILES string of the molecule is O=C(N[C@@H](Cc1ccccc1)C(=O)Cc1ccc(S(=O)(=O)Cl)c(Cl)c1)c1ccc(F)cc1.O=C(N[C@@H](Cc1ccccc1)C(=O)Cc1ccc(SCc2ccccc2)c(Cl)c1)c1ccc(F)cc1. The fourth-order valence-electron chi connectivity index (χ4n) is 6.88. The van der Waals surface area contributed by atoms with Gasteiger partial charge in [0.1, 0.15) is 16.5 Å². The van der Waals surface area contributed by atoms with Crippen molar-refractivity contribution in [2.75, 3.05) is 0 Å². The molecule has 0 heterocycles. The van der Waals surface area contributed by atoms with Gasteiger partial charge in [-0.2, -0.15) is 0 Å². The summed E-state index contributed by atoms with van der Waals surface area (Å²) in [5.41, 5.74) is 4.75. The van der Waals surface area contributed by atoms with Gasteiger partial charge in [0.25, 0.3) is 20.9 Å². The van der Waals surface area contributed by atoms with Gasteiger partial charge in [0, 0.05) is 45.3 Å². The molecule has 0 aliphatic heterocycles. The second-order valence-electron chi connectivity index (χ2n) is 15.5. The van der Waals surface area contributed by atoms with Crippen LogP contribution in [0.1, 0.15) is 48.5 Å². The Kier molecular flexibility index (Phi) is 18.6. The van der Waals surface area contributed by atoms with E-state index in [2.05, 4.69) is 22.8 Å². The number of thioether (sulfide) groups is 1. The first kappa shape index (κ1) is 51.2. The zero-order chi connectivity index (χ0) is 48.6. The monoisotopic (exact) mass is 1010 g/mol. The van der Waals surface area contributed by atoms with Crippen LogP contribution in [0.25, 0.3) is 0 Å². The van der Waals surface area contributed by atoms with Crippen LogP contribution >= 0.6 is 45.6 Å². The van der Waals surface area contributed by atoms with E-state index in [1.807, 2.05) is 97.1 Å². The molecule has 0 fully saturated rings. The molecule has 0 aliphatic carbocycles. The lowest BCUT2D eigenvalue weighted by atomic mass is 9.97. The molecule has 0 bridgehead atoms. The molecule has 2 atom stereocenters. The Morgan fingerprint density at radius 2 is 0.897 bits per heavy atom. The minimum atomic E-state index is -4.01. The van der Waals surface area contributed by atoms with Crippen molar-refractivity contribution in [1.82, 2.24) is 10.6 Å². The largest absolute Gasteiger partial charge is 0.342 e. The molecule has 0 aromatic heterocycles. The molecule has 2 N–H and O–H groups in total. The summed E-state index contributed by atoms with van der Waals surface area (Å²) >= 11 is 14.2. The molecule has 0 spiro atoms. The molecule has 348 valence electrons. The average Bonchev–Trinajstić information content (AvgIpc) is 3.32. The summed E-state index contributed by atoms with van der Waals surface area (Å²) in [5.74, 6) is -1.47. The minimum Gasteiger partial charge on any atom is -0.342 e. The number of hydrogen-bond donors (Lipinski definition) is 2. The van der Waals surface area contributed by atoms with E-state index in [4.69, 9.17) is 33.9 Å². The number of nitrogens with one attached hydrogen (secondary N) is 2. The van der Waals surface area contributed by atoms with E-state index in [0.29, 0.717) is 22.6 Å². The highest BCUT2D eigenvalue weighted by molar-refractivity contribution is 8.13. The van der Waals surface area contributed by atoms with E-state index in [1.54, 1.807) is 11.8 Å². The summed E-state index contributed by atoms with van der Waals surface area (Å²) in [5, 5.41) is 6.05. The number of halogens is 5. The van der Waals surface area contributed by atoms with Crippen LogP contribution in [0, 0.1) is 11.6 Å². The number of carbonyl (C=O) groups excluding carboxylic acids is 4. The van der Waals surface area contributed by atoms with Gasteiger partial charge in [0.15, 0.2) is 11.6 Å². The molecule has 2 amide bonds. The second-order valence-corrected chi connectivity index (χ2v) is 19.8. The second kappa shape index (κ2) is 24.7. The van der Waals surface area contributed by atoms with Crippen LogP contribution in [0.15, 0.2) is 186 Å². The van der Waals surface area contributed by atoms with Crippen LogP contribution in [-0.4, -0.2) is 43.9 Å². The predicted octanol–water partition coefficient (Wildman–Crippen LogP) is 11.5. The number of carbonyl (C=O) groups is 4. The summed E-state index contributed by atoms with van der Waals surface area (Å²) in [7, 11) is 1.32. The molecule has 7 aromatic carbocycles. The molecular weight excluding hydrogens is 969 g/mol. The first-order valence-electron chi connectivity index (χ1n) is 21.1. The molecular formula is C53H43Cl3F2N2O6S2. The molecule has 68 heavy (non-hydrogen) atoms. The van der Waals surface area contributed by atoms with Crippen LogP contribution in [-0.2, 0) is 50.1 Å². The van der Waals surface area contributed by atoms with E-state index in [0.717, 1.165) is 39.5 Å². The molecule has 0 radical (unpaired) electrons. The minimum absolute atomic E-state index is 0.0937. The Balaban J connectivity index is 0.000000226. The summed E-state index contributed by atoms with van der Waals surface area (Å²) in [6.45, 7) is 0.